The molecule has 1 heterocycles. The van der Waals surface area contributed by atoms with Crippen molar-refractivity contribution in [2.75, 3.05) is 6.61 Å². The Balaban J connectivity index is 2.53. The van der Waals surface area contributed by atoms with Crippen LogP contribution in [0.2, 0.25) is 0 Å². The molecule has 0 radical (unpaired) electrons. The first-order valence-corrected chi connectivity index (χ1v) is 5.28. The highest BCUT2D eigenvalue weighted by molar-refractivity contribution is 5.75. The van der Waals surface area contributed by atoms with Gasteiger partial charge in [-0.2, -0.15) is 0 Å². The summed E-state index contributed by atoms with van der Waals surface area (Å²) in [5.74, 6) is 0.993. The molecule has 82 valence electrons. The van der Waals surface area contributed by atoms with E-state index in [4.69, 9.17) is 4.74 Å². The Hall–Kier alpha value is -1.38. The van der Waals surface area contributed by atoms with Crippen LogP contribution < -0.4 is 4.74 Å². The minimum absolute atomic E-state index is 0.204. The lowest BCUT2D eigenvalue weighted by Crippen LogP contribution is -1.98. The molecule has 0 aromatic carbocycles. The van der Waals surface area contributed by atoms with E-state index < -0.39 is 0 Å². The van der Waals surface area contributed by atoms with Crippen molar-refractivity contribution in [3.05, 3.63) is 24.0 Å². The van der Waals surface area contributed by atoms with Crippen molar-refractivity contribution in [3.63, 3.8) is 0 Å². The Morgan fingerprint density at radius 1 is 1.47 bits per heavy atom. The highest BCUT2D eigenvalue weighted by Crippen LogP contribution is 2.12. The van der Waals surface area contributed by atoms with E-state index in [0.717, 1.165) is 24.2 Å². The van der Waals surface area contributed by atoms with Crippen LogP contribution >= 0.6 is 0 Å². The molecule has 15 heavy (non-hydrogen) atoms. The molecule has 0 aliphatic carbocycles. The molecule has 0 fully saturated rings. The molecule has 0 atom stereocenters. The van der Waals surface area contributed by atoms with Crippen LogP contribution in [0.5, 0.6) is 5.75 Å². The SMILES string of the molecule is CCCOc1cncc(CCC(C)=O)c1. The van der Waals surface area contributed by atoms with Gasteiger partial charge in [-0.1, -0.05) is 6.92 Å². The molecule has 0 aliphatic heterocycles. The first-order valence-electron chi connectivity index (χ1n) is 5.28. The van der Waals surface area contributed by atoms with Gasteiger partial charge in [0.25, 0.3) is 0 Å². The second-order valence-corrected chi connectivity index (χ2v) is 3.58. The van der Waals surface area contributed by atoms with Gasteiger partial charge in [0.15, 0.2) is 0 Å². The second kappa shape index (κ2) is 6.17. The number of carbonyl (C=O) groups excluding carboxylic acids is 1. The molecule has 0 aliphatic rings. The Labute approximate surface area is 90.5 Å². The van der Waals surface area contributed by atoms with Crippen LogP contribution in [0.3, 0.4) is 0 Å². The van der Waals surface area contributed by atoms with Gasteiger partial charge in [0, 0.05) is 12.6 Å². The van der Waals surface area contributed by atoms with E-state index in [0.29, 0.717) is 13.0 Å². The monoisotopic (exact) mass is 207 g/mol. The van der Waals surface area contributed by atoms with Crippen molar-refractivity contribution in [1.82, 2.24) is 4.98 Å². The van der Waals surface area contributed by atoms with E-state index in [1.807, 2.05) is 6.07 Å². The van der Waals surface area contributed by atoms with E-state index in [-0.39, 0.29) is 5.78 Å². The third-order valence-electron chi connectivity index (χ3n) is 2.01. The highest BCUT2D eigenvalue weighted by atomic mass is 16.5. The number of nitrogens with zero attached hydrogens (tertiary/aromatic N) is 1. The molecule has 1 rings (SSSR count). The number of Topliss-reactive ketones (excluding diaryl/α,β-unsaturated/α-hetero) is 1. The highest BCUT2D eigenvalue weighted by Gasteiger charge is 1.99. The topological polar surface area (TPSA) is 39.2 Å². The number of ketones is 1. The summed E-state index contributed by atoms with van der Waals surface area (Å²) in [6.45, 7) is 4.37. The molecule has 0 saturated carbocycles. The number of hydrogen-bond donors (Lipinski definition) is 0. The molecule has 3 heteroatoms. The maximum atomic E-state index is 10.8. The van der Waals surface area contributed by atoms with Crippen molar-refractivity contribution in [2.45, 2.75) is 33.1 Å². The smallest absolute Gasteiger partial charge is 0.137 e. The summed E-state index contributed by atoms with van der Waals surface area (Å²) in [6.07, 6.45) is 5.77. The van der Waals surface area contributed by atoms with Crippen LogP contribution in [0, 0.1) is 0 Å². The summed E-state index contributed by atoms with van der Waals surface area (Å²) in [4.78, 5) is 14.9. The van der Waals surface area contributed by atoms with Crippen LogP contribution in [0.25, 0.3) is 0 Å². The Morgan fingerprint density at radius 2 is 2.27 bits per heavy atom. The summed E-state index contributed by atoms with van der Waals surface area (Å²) < 4.78 is 5.46. The third-order valence-corrected chi connectivity index (χ3v) is 2.01. The number of rotatable bonds is 6. The molecule has 0 N–H and O–H groups in total. The zero-order valence-corrected chi connectivity index (χ0v) is 9.32. The van der Waals surface area contributed by atoms with Gasteiger partial charge in [0.1, 0.15) is 11.5 Å². The fourth-order valence-corrected chi connectivity index (χ4v) is 1.22. The normalized spacial score (nSPS) is 10.0. The van der Waals surface area contributed by atoms with Crippen molar-refractivity contribution in [1.29, 1.82) is 0 Å². The largest absolute Gasteiger partial charge is 0.492 e. The summed E-state index contributed by atoms with van der Waals surface area (Å²) in [6, 6.07) is 1.95. The van der Waals surface area contributed by atoms with E-state index in [2.05, 4.69) is 11.9 Å². The van der Waals surface area contributed by atoms with Crippen LogP contribution in [0.1, 0.15) is 32.3 Å². The van der Waals surface area contributed by atoms with Crippen LogP contribution in [0.15, 0.2) is 18.5 Å². The zero-order valence-electron chi connectivity index (χ0n) is 9.32. The standard InChI is InChI=1S/C12H17NO2/c1-3-6-15-12-7-11(8-13-9-12)5-4-10(2)14/h7-9H,3-6H2,1-2H3. The number of ether oxygens (including phenoxy) is 1. The first kappa shape index (κ1) is 11.7. The Morgan fingerprint density at radius 3 is 2.93 bits per heavy atom. The lowest BCUT2D eigenvalue weighted by molar-refractivity contribution is -0.116. The molecule has 0 amide bonds. The summed E-state index contributed by atoms with van der Waals surface area (Å²) in [5, 5.41) is 0. The fraction of sp³-hybridized carbons (Fsp3) is 0.500. The molecule has 0 spiro atoms. The third kappa shape index (κ3) is 4.58. The summed E-state index contributed by atoms with van der Waals surface area (Å²) in [5.41, 5.74) is 1.05. The van der Waals surface area contributed by atoms with Crippen molar-refractivity contribution >= 4 is 5.78 Å². The molecule has 0 unspecified atom stereocenters. The minimum atomic E-state index is 0.204. The van der Waals surface area contributed by atoms with Crippen LogP contribution in [-0.2, 0) is 11.2 Å². The van der Waals surface area contributed by atoms with E-state index >= 15 is 0 Å². The summed E-state index contributed by atoms with van der Waals surface area (Å²) >= 11 is 0. The molecule has 0 bridgehead atoms. The van der Waals surface area contributed by atoms with Crippen LogP contribution in [0.4, 0.5) is 0 Å². The lowest BCUT2D eigenvalue weighted by Gasteiger charge is -2.05. The van der Waals surface area contributed by atoms with Gasteiger partial charge in [-0.3, -0.25) is 4.98 Å². The second-order valence-electron chi connectivity index (χ2n) is 3.58. The van der Waals surface area contributed by atoms with Crippen molar-refractivity contribution in [3.8, 4) is 5.75 Å². The number of pyridine rings is 1. The first-order chi connectivity index (χ1) is 7.22. The number of carbonyl (C=O) groups is 1. The molecule has 1 aromatic heterocycles. The van der Waals surface area contributed by atoms with Gasteiger partial charge >= 0.3 is 0 Å². The quantitative estimate of drug-likeness (QED) is 0.719. The van der Waals surface area contributed by atoms with Gasteiger partial charge < -0.3 is 9.53 Å². The molecular weight excluding hydrogens is 190 g/mol. The molecule has 0 saturated heterocycles. The molecular formula is C12H17NO2. The Bertz CT molecular complexity index is 323. The van der Waals surface area contributed by atoms with Gasteiger partial charge in [-0.15, -0.1) is 0 Å². The average Bonchev–Trinajstić information content (AvgIpc) is 2.24. The maximum absolute atomic E-state index is 10.8. The van der Waals surface area contributed by atoms with Gasteiger partial charge in [0.05, 0.1) is 12.8 Å². The van der Waals surface area contributed by atoms with Gasteiger partial charge in [-0.05, 0) is 31.4 Å². The maximum Gasteiger partial charge on any atom is 0.137 e. The van der Waals surface area contributed by atoms with Gasteiger partial charge in [-0.25, -0.2) is 0 Å². The van der Waals surface area contributed by atoms with Gasteiger partial charge in [0.2, 0.25) is 0 Å². The van der Waals surface area contributed by atoms with E-state index in [9.17, 15) is 4.79 Å². The van der Waals surface area contributed by atoms with Crippen molar-refractivity contribution < 1.29 is 9.53 Å². The predicted molar refractivity (Wildman–Crippen MR) is 59.0 cm³/mol. The van der Waals surface area contributed by atoms with E-state index in [1.165, 1.54) is 0 Å². The van der Waals surface area contributed by atoms with Crippen LogP contribution in [-0.4, -0.2) is 17.4 Å². The average molecular weight is 207 g/mol. The Kier molecular flexibility index (Phi) is 4.81. The lowest BCUT2D eigenvalue weighted by atomic mass is 10.1. The fourth-order valence-electron chi connectivity index (χ4n) is 1.22. The predicted octanol–water partition coefficient (Wildman–Crippen LogP) is 2.39. The minimum Gasteiger partial charge on any atom is -0.492 e. The molecule has 1 aromatic rings. The van der Waals surface area contributed by atoms with E-state index in [1.54, 1.807) is 19.3 Å². The zero-order chi connectivity index (χ0) is 11.1. The number of hydrogen-bond acceptors (Lipinski definition) is 3. The number of aryl methyl sites for hydroxylation is 1. The van der Waals surface area contributed by atoms with Crippen molar-refractivity contribution in [2.24, 2.45) is 0 Å². The number of aromatic nitrogens is 1. The summed E-state index contributed by atoms with van der Waals surface area (Å²) in [7, 11) is 0. The molecule has 3 nitrogen and oxygen atoms in total.